The highest BCUT2D eigenvalue weighted by Gasteiger charge is 2.31. The molecule has 0 aliphatic carbocycles. The van der Waals surface area contributed by atoms with Gasteiger partial charge in [0.1, 0.15) is 12.7 Å². The van der Waals surface area contributed by atoms with E-state index in [1.165, 1.54) is 0 Å². The van der Waals surface area contributed by atoms with Gasteiger partial charge in [0.2, 0.25) is 0 Å². The average molecular weight is 269 g/mol. The van der Waals surface area contributed by atoms with E-state index in [0.29, 0.717) is 17.0 Å². The normalized spacial score (nSPS) is 22.7. The second kappa shape index (κ2) is 5.40. The number of carbonyl (C=O) groups excluding carboxylic acids is 2. The van der Waals surface area contributed by atoms with Crippen LogP contribution in [0.4, 0.5) is 0 Å². The molecule has 1 aromatic carbocycles. The summed E-state index contributed by atoms with van der Waals surface area (Å²) >= 11 is 5.72. The minimum Gasteiger partial charge on any atom is -0.458 e. The Morgan fingerprint density at radius 3 is 2.67 bits per heavy atom. The van der Waals surface area contributed by atoms with Gasteiger partial charge in [-0.05, 0) is 24.3 Å². The largest absolute Gasteiger partial charge is 0.458 e. The minimum atomic E-state index is -0.442. The van der Waals surface area contributed by atoms with Crippen LogP contribution in [0.25, 0.3) is 0 Å². The number of hydrogen-bond donors (Lipinski definition) is 0. The first-order valence-electron chi connectivity index (χ1n) is 5.69. The predicted octanol–water partition coefficient (Wildman–Crippen LogP) is 2.45. The molecule has 1 fully saturated rings. The number of cyclic esters (lactones) is 1. The van der Waals surface area contributed by atoms with Crippen LogP contribution in [0.2, 0.25) is 5.02 Å². The van der Waals surface area contributed by atoms with Gasteiger partial charge in [-0.3, -0.25) is 4.79 Å². The monoisotopic (exact) mass is 268 g/mol. The zero-order valence-corrected chi connectivity index (χ0v) is 10.6. The fourth-order valence-corrected chi connectivity index (χ4v) is 1.89. The van der Waals surface area contributed by atoms with Crippen LogP contribution >= 0.6 is 11.6 Å². The molecule has 4 nitrogen and oxygen atoms in total. The van der Waals surface area contributed by atoms with Crippen LogP contribution in [0.3, 0.4) is 0 Å². The predicted molar refractivity (Wildman–Crippen MR) is 65.4 cm³/mol. The van der Waals surface area contributed by atoms with Crippen LogP contribution in [-0.4, -0.2) is 24.6 Å². The Balaban J connectivity index is 1.85. The lowest BCUT2D eigenvalue weighted by Crippen LogP contribution is -2.18. The number of carbonyl (C=O) groups is 2. The van der Waals surface area contributed by atoms with Crippen LogP contribution in [0.1, 0.15) is 23.7 Å². The Labute approximate surface area is 110 Å². The van der Waals surface area contributed by atoms with Crippen LogP contribution < -0.4 is 0 Å². The maximum absolute atomic E-state index is 11.7. The standard InChI is InChI=1S/C13H13ClO4/c1-8-6-11(18-12(8)15)7-17-13(16)9-2-4-10(14)5-3-9/h2-5,8,11H,6-7H2,1H3. The Bertz CT molecular complexity index is 455. The highest BCUT2D eigenvalue weighted by Crippen LogP contribution is 2.21. The van der Waals surface area contributed by atoms with Gasteiger partial charge in [-0.25, -0.2) is 4.79 Å². The van der Waals surface area contributed by atoms with Crippen LogP contribution in [-0.2, 0) is 14.3 Å². The van der Waals surface area contributed by atoms with Crippen molar-refractivity contribution in [2.75, 3.05) is 6.61 Å². The number of esters is 2. The second-order valence-electron chi connectivity index (χ2n) is 4.30. The Hall–Kier alpha value is -1.55. The third kappa shape index (κ3) is 3.01. The van der Waals surface area contributed by atoms with Gasteiger partial charge in [-0.1, -0.05) is 18.5 Å². The molecule has 1 aliphatic heterocycles. The van der Waals surface area contributed by atoms with E-state index in [9.17, 15) is 9.59 Å². The summed E-state index contributed by atoms with van der Waals surface area (Å²) in [6.07, 6.45) is 0.260. The molecule has 1 aromatic rings. The van der Waals surface area contributed by atoms with Gasteiger partial charge in [-0.15, -0.1) is 0 Å². The van der Waals surface area contributed by atoms with Crippen molar-refractivity contribution >= 4 is 23.5 Å². The highest BCUT2D eigenvalue weighted by molar-refractivity contribution is 6.30. The summed E-state index contributed by atoms with van der Waals surface area (Å²) in [4.78, 5) is 22.8. The molecular weight excluding hydrogens is 256 g/mol. The van der Waals surface area contributed by atoms with Crippen molar-refractivity contribution in [3.8, 4) is 0 Å². The van der Waals surface area contributed by atoms with Gasteiger partial charge in [0.25, 0.3) is 0 Å². The third-order valence-electron chi connectivity index (χ3n) is 2.78. The Kier molecular flexibility index (Phi) is 3.87. The van der Waals surface area contributed by atoms with Gasteiger partial charge in [0.15, 0.2) is 0 Å². The molecule has 0 N–H and O–H groups in total. The van der Waals surface area contributed by atoms with Crippen molar-refractivity contribution in [2.24, 2.45) is 5.92 Å². The molecule has 0 aromatic heterocycles. The second-order valence-corrected chi connectivity index (χ2v) is 4.74. The van der Waals surface area contributed by atoms with Gasteiger partial charge in [0.05, 0.1) is 11.5 Å². The molecule has 0 amide bonds. The minimum absolute atomic E-state index is 0.0948. The van der Waals surface area contributed by atoms with E-state index in [1.807, 2.05) is 0 Å². The summed E-state index contributed by atoms with van der Waals surface area (Å²) < 4.78 is 10.1. The molecule has 1 heterocycles. The van der Waals surface area contributed by atoms with E-state index < -0.39 is 5.97 Å². The number of ether oxygens (including phenoxy) is 2. The Morgan fingerprint density at radius 1 is 1.44 bits per heavy atom. The maximum Gasteiger partial charge on any atom is 0.338 e. The molecule has 96 valence electrons. The molecule has 0 spiro atoms. The van der Waals surface area contributed by atoms with Crippen molar-refractivity contribution in [3.05, 3.63) is 34.9 Å². The van der Waals surface area contributed by atoms with E-state index in [0.717, 1.165) is 0 Å². The summed E-state index contributed by atoms with van der Waals surface area (Å²) in [6, 6.07) is 6.42. The van der Waals surface area contributed by atoms with E-state index >= 15 is 0 Å². The Morgan fingerprint density at radius 2 is 2.11 bits per heavy atom. The molecule has 0 saturated carbocycles. The highest BCUT2D eigenvalue weighted by atomic mass is 35.5. The van der Waals surface area contributed by atoms with Crippen molar-refractivity contribution in [3.63, 3.8) is 0 Å². The molecular formula is C13H13ClO4. The first-order chi connectivity index (χ1) is 8.56. The quantitative estimate of drug-likeness (QED) is 0.790. The molecule has 1 saturated heterocycles. The maximum atomic E-state index is 11.7. The van der Waals surface area contributed by atoms with Crippen LogP contribution in [0.15, 0.2) is 24.3 Å². The average Bonchev–Trinajstić information content (AvgIpc) is 2.67. The smallest absolute Gasteiger partial charge is 0.338 e. The fraction of sp³-hybridized carbons (Fsp3) is 0.385. The van der Waals surface area contributed by atoms with Gasteiger partial charge in [-0.2, -0.15) is 0 Å². The van der Waals surface area contributed by atoms with Gasteiger partial charge in [0, 0.05) is 11.4 Å². The molecule has 2 rings (SSSR count). The zero-order valence-electron chi connectivity index (χ0n) is 9.89. The number of hydrogen-bond acceptors (Lipinski definition) is 4. The lowest BCUT2D eigenvalue weighted by atomic mass is 10.1. The van der Waals surface area contributed by atoms with Crippen LogP contribution in [0, 0.1) is 5.92 Å². The molecule has 18 heavy (non-hydrogen) atoms. The van der Waals surface area contributed by atoms with Crippen molar-refractivity contribution in [1.29, 1.82) is 0 Å². The topological polar surface area (TPSA) is 52.6 Å². The SMILES string of the molecule is CC1CC(COC(=O)c2ccc(Cl)cc2)OC1=O. The molecule has 5 heteroatoms. The molecule has 1 aliphatic rings. The number of rotatable bonds is 3. The van der Waals surface area contributed by atoms with E-state index in [-0.39, 0.29) is 24.6 Å². The van der Waals surface area contributed by atoms with Gasteiger partial charge < -0.3 is 9.47 Å². The van der Waals surface area contributed by atoms with Crippen molar-refractivity contribution < 1.29 is 19.1 Å². The first-order valence-corrected chi connectivity index (χ1v) is 6.07. The van der Waals surface area contributed by atoms with Crippen molar-refractivity contribution in [1.82, 2.24) is 0 Å². The van der Waals surface area contributed by atoms with E-state index in [2.05, 4.69) is 0 Å². The number of benzene rings is 1. The zero-order chi connectivity index (χ0) is 13.1. The summed E-state index contributed by atoms with van der Waals surface area (Å²) in [6.45, 7) is 1.89. The molecule has 2 atom stereocenters. The summed E-state index contributed by atoms with van der Waals surface area (Å²) in [5, 5.41) is 0.560. The molecule has 0 bridgehead atoms. The lowest BCUT2D eigenvalue weighted by molar-refractivity contribution is -0.145. The van der Waals surface area contributed by atoms with E-state index in [4.69, 9.17) is 21.1 Å². The van der Waals surface area contributed by atoms with Crippen LogP contribution in [0.5, 0.6) is 0 Å². The summed E-state index contributed by atoms with van der Waals surface area (Å²) in [7, 11) is 0. The third-order valence-corrected chi connectivity index (χ3v) is 3.03. The molecule has 2 unspecified atom stereocenters. The lowest BCUT2D eigenvalue weighted by Gasteiger charge is -2.09. The summed E-state index contributed by atoms with van der Waals surface area (Å²) in [5.74, 6) is -0.797. The number of halogens is 1. The van der Waals surface area contributed by atoms with E-state index in [1.54, 1.807) is 31.2 Å². The van der Waals surface area contributed by atoms with Crippen molar-refractivity contribution in [2.45, 2.75) is 19.4 Å². The fourth-order valence-electron chi connectivity index (χ4n) is 1.76. The van der Waals surface area contributed by atoms with Gasteiger partial charge >= 0.3 is 11.9 Å². The first kappa shape index (κ1) is 12.9. The summed E-state index contributed by atoms with van der Waals surface area (Å²) in [5.41, 5.74) is 0.428. The molecule has 0 radical (unpaired) electrons.